The minimum absolute atomic E-state index is 0.103. The molecule has 0 aliphatic heterocycles. The zero-order valence-corrected chi connectivity index (χ0v) is 11.0. The van der Waals surface area contributed by atoms with Crippen LogP contribution in [-0.2, 0) is 9.59 Å². The molecular formula is C14H17N3O2. The molecule has 0 bridgehead atoms. The van der Waals surface area contributed by atoms with Gasteiger partial charge >= 0.3 is 0 Å². The van der Waals surface area contributed by atoms with E-state index in [1.807, 2.05) is 12.1 Å². The maximum atomic E-state index is 12.0. The molecule has 0 heterocycles. The van der Waals surface area contributed by atoms with Crippen molar-refractivity contribution in [2.75, 3.05) is 6.54 Å². The fraction of sp³-hybridized carbons (Fsp3) is 0.357. The van der Waals surface area contributed by atoms with Crippen molar-refractivity contribution in [3.63, 3.8) is 0 Å². The Balaban J connectivity index is 2.73. The Hall–Kier alpha value is -2.35. The van der Waals surface area contributed by atoms with E-state index in [0.717, 1.165) is 0 Å². The van der Waals surface area contributed by atoms with Crippen molar-refractivity contribution < 1.29 is 9.59 Å². The number of benzene rings is 1. The van der Waals surface area contributed by atoms with Crippen molar-refractivity contribution in [3.05, 3.63) is 35.9 Å². The van der Waals surface area contributed by atoms with Gasteiger partial charge in [0.1, 0.15) is 5.92 Å². The van der Waals surface area contributed by atoms with Gasteiger partial charge in [-0.25, -0.2) is 0 Å². The number of rotatable bonds is 5. The molecule has 3 N–H and O–H groups in total. The Morgan fingerprint density at radius 1 is 1.37 bits per heavy atom. The fourth-order valence-electron chi connectivity index (χ4n) is 1.43. The van der Waals surface area contributed by atoms with Crippen molar-refractivity contribution >= 4 is 11.8 Å². The molecule has 0 radical (unpaired) electrons. The molecule has 0 saturated carbocycles. The highest BCUT2D eigenvalue weighted by molar-refractivity contribution is 5.87. The van der Waals surface area contributed by atoms with Crippen LogP contribution < -0.4 is 11.1 Å². The number of nitriles is 1. The van der Waals surface area contributed by atoms with Crippen LogP contribution in [0.15, 0.2) is 30.3 Å². The number of primary amides is 1. The average molecular weight is 259 g/mol. The van der Waals surface area contributed by atoms with Gasteiger partial charge in [0.2, 0.25) is 11.8 Å². The van der Waals surface area contributed by atoms with E-state index in [1.165, 1.54) is 0 Å². The van der Waals surface area contributed by atoms with E-state index < -0.39 is 23.1 Å². The summed E-state index contributed by atoms with van der Waals surface area (Å²) >= 11 is 0. The third kappa shape index (κ3) is 3.81. The zero-order chi connectivity index (χ0) is 14.5. The number of carbonyl (C=O) groups excluding carboxylic acids is 2. The number of nitrogens with two attached hydrogens (primary N) is 1. The van der Waals surface area contributed by atoms with Crippen molar-refractivity contribution in [3.8, 4) is 6.07 Å². The molecule has 0 aliphatic rings. The Bertz CT molecular complexity index is 503. The molecule has 0 spiro atoms. The van der Waals surface area contributed by atoms with Crippen molar-refractivity contribution in [1.82, 2.24) is 5.32 Å². The predicted octanol–water partition coefficient (Wildman–Crippen LogP) is 0.921. The third-order valence-corrected chi connectivity index (χ3v) is 2.90. The molecule has 1 rings (SSSR count). The van der Waals surface area contributed by atoms with E-state index in [1.54, 1.807) is 38.1 Å². The van der Waals surface area contributed by atoms with Crippen LogP contribution in [0.2, 0.25) is 0 Å². The molecule has 0 saturated heterocycles. The summed E-state index contributed by atoms with van der Waals surface area (Å²) in [6, 6.07) is 10.7. The lowest BCUT2D eigenvalue weighted by atomic mass is 9.92. The summed E-state index contributed by atoms with van der Waals surface area (Å²) in [6.07, 6.45) is 0. The summed E-state index contributed by atoms with van der Waals surface area (Å²) in [5, 5.41) is 11.7. The molecule has 100 valence electrons. The molecule has 2 amide bonds. The third-order valence-electron chi connectivity index (χ3n) is 2.90. The quantitative estimate of drug-likeness (QED) is 0.823. The molecular weight excluding hydrogens is 242 g/mol. The summed E-state index contributed by atoms with van der Waals surface area (Å²) in [5.74, 6) is -1.81. The first-order valence-corrected chi connectivity index (χ1v) is 5.90. The van der Waals surface area contributed by atoms with Crippen LogP contribution in [-0.4, -0.2) is 18.4 Å². The average Bonchev–Trinajstić information content (AvgIpc) is 2.38. The standard InChI is InChI=1S/C14H17N3O2/c1-14(2,13(16)19)9-17-12(18)11(8-15)10-6-4-3-5-7-10/h3-7,11H,9H2,1-2H3,(H2,16,19)(H,17,18). The lowest BCUT2D eigenvalue weighted by Crippen LogP contribution is -2.43. The second-order valence-corrected chi connectivity index (χ2v) is 4.94. The smallest absolute Gasteiger partial charge is 0.241 e. The molecule has 1 aromatic rings. The normalized spacial score (nSPS) is 12.3. The van der Waals surface area contributed by atoms with Crippen LogP contribution in [0.3, 0.4) is 0 Å². The van der Waals surface area contributed by atoms with Gasteiger partial charge in [-0.1, -0.05) is 30.3 Å². The van der Waals surface area contributed by atoms with Crippen LogP contribution in [0.1, 0.15) is 25.3 Å². The number of amides is 2. The Morgan fingerprint density at radius 3 is 2.42 bits per heavy atom. The minimum atomic E-state index is -0.884. The molecule has 19 heavy (non-hydrogen) atoms. The topological polar surface area (TPSA) is 96.0 Å². The number of hydrogen-bond donors (Lipinski definition) is 2. The van der Waals surface area contributed by atoms with Gasteiger partial charge in [0.05, 0.1) is 11.5 Å². The molecule has 0 aliphatic carbocycles. The highest BCUT2D eigenvalue weighted by Gasteiger charge is 2.27. The summed E-state index contributed by atoms with van der Waals surface area (Å²) < 4.78 is 0. The highest BCUT2D eigenvalue weighted by atomic mass is 16.2. The van der Waals surface area contributed by atoms with Gasteiger partial charge in [-0.2, -0.15) is 5.26 Å². The summed E-state index contributed by atoms with van der Waals surface area (Å²) in [5.41, 5.74) is 5.00. The lowest BCUT2D eigenvalue weighted by Gasteiger charge is -2.21. The first-order valence-electron chi connectivity index (χ1n) is 5.90. The second-order valence-electron chi connectivity index (χ2n) is 4.94. The lowest BCUT2D eigenvalue weighted by molar-refractivity contribution is -0.127. The molecule has 5 nitrogen and oxygen atoms in total. The summed E-state index contributed by atoms with van der Waals surface area (Å²) in [6.45, 7) is 3.38. The second kappa shape index (κ2) is 6.01. The van der Waals surface area contributed by atoms with E-state index in [2.05, 4.69) is 5.32 Å². The molecule has 5 heteroatoms. The maximum Gasteiger partial charge on any atom is 0.241 e. The molecule has 1 aromatic carbocycles. The largest absolute Gasteiger partial charge is 0.369 e. The summed E-state index contributed by atoms with van der Waals surface area (Å²) in [4.78, 5) is 23.1. The maximum absolute atomic E-state index is 12.0. The van der Waals surface area contributed by atoms with Crippen LogP contribution in [0.4, 0.5) is 0 Å². The zero-order valence-electron chi connectivity index (χ0n) is 11.0. The van der Waals surface area contributed by atoms with Crippen molar-refractivity contribution in [1.29, 1.82) is 5.26 Å². The SMILES string of the molecule is CC(C)(CNC(=O)C(C#N)c1ccccc1)C(N)=O. The van der Waals surface area contributed by atoms with Crippen LogP contribution in [0.5, 0.6) is 0 Å². The van der Waals surface area contributed by atoms with Gasteiger partial charge in [0.25, 0.3) is 0 Å². The van der Waals surface area contributed by atoms with Crippen LogP contribution >= 0.6 is 0 Å². The number of hydrogen-bond acceptors (Lipinski definition) is 3. The van der Waals surface area contributed by atoms with E-state index >= 15 is 0 Å². The van der Waals surface area contributed by atoms with Gasteiger partial charge in [-0.15, -0.1) is 0 Å². The molecule has 1 unspecified atom stereocenters. The Morgan fingerprint density at radius 2 is 1.95 bits per heavy atom. The first-order chi connectivity index (χ1) is 8.88. The van der Waals surface area contributed by atoms with Gasteiger partial charge in [-0.3, -0.25) is 9.59 Å². The van der Waals surface area contributed by atoms with Gasteiger partial charge in [-0.05, 0) is 19.4 Å². The van der Waals surface area contributed by atoms with Gasteiger partial charge < -0.3 is 11.1 Å². The van der Waals surface area contributed by atoms with E-state index in [-0.39, 0.29) is 6.54 Å². The number of carbonyl (C=O) groups is 2. The highest BCUT2D eigenvalue weighted by Crippen LogP contribution is 2.16. The fourth-order valence-corrected chi connectivity index (χ4v) is 1.43. The van der Waals surface area contributed by atoms with Gasteiger partial charge in [0, 0.05) is 6.54 Å². The van der Waals surface area contributed by atoms with E-state index in [0.29, 0.717) is 5.56 Å². The minimum Gasteiger partial charge on any atom is -0.369 e. The molecule has 1 atom stereocenters. The van der Waals surface area contributed by atoms with E-state index in [9.17, 15) is 9.59 Å². The summed E-state index contributed by atoms with van der Waals surface area (Å²) in [7, 11) is 0. The van der Waals surface area contributed by atoms with Crippen LogP contribution in [0.25, 0.3) is 0 Å². The van der Waals surface area contributed by atoms with Crippen molar-refractivity contribution in [2.45, 2.75) is 19.8 Å². The number of nitrogens with zero attached hydrogens (tertiary/aromatic N) is 1. The Kier molecular flexibility index (Phi) is 4.65. The van der Waals surface area contributed by atoms with Crippen molar-refractivity contribution in [2.24, 2.45) is 11.1 Å². The number of nitrogens with one attached hydrogen (secondary N) is 1. The first kappa shape index (κ1) is 14.7. The Labute approximate surface area is 112 Å². The predicted molar refractivity (Wildman–Crippen MR) is 70.8 cm³/mol. The van der Waals surface area contributed by atoms with Gasteiger partial charge in [0.15, 0.2) is 0 Å². The molecule has 0 fully saturated rings. The molecule has 0 aromatic heterocycles. The monoisotopic (exact) mass is 259 g/mol. The van der Waals surface area contributed by atoms with E-state index in [4.69, 9.17) is 11.0 Å². The van der Waals surface area contributed by atoms with Crippen LogP contribution in [0, 0.1) is 16.7 Å².